The van der Waals surface area contributed by atoms with Crippen LogP contribution < -0.4 is 11.1 Å². The Bertz CT molecular complexity index is 626. The Morgan fingerprint density at radius 3 is 2.50 bits per heavy atom. The highest BCUT2D eigenvalue weighted by atomic mass is 79.9. The second kappa shape index (κ2) is 5.96. The van der Waals surface area contributed by atoms with Gasteiger partial charge in [-0.15, -0.1) is 0 Å². The average Bonchev–Trinajstić information content (AvgIpc) is 2.39. The maximum Gasteiger partial charge on any atom is 0.255 e. The number of anilines is 1. The van der Waals surface area contributed by atoms with E-state index < -0.39 is 0 Å². The van der Waals surface area contributed by atoms with E-state index in [9.17, 15) is 9.90 Å². The molecular weight excluding hydrogens is 320 g/mol. The molecule has 1 amide bonds. The lowest BCUT2D eigenvalue weighted by molar-refractivity contribution is 0.0937. The fourth-order valence-corrected chi connectivity index (χ4v) is 2.19. The predicted octanol–water partition coefficient (Wildman–Crippen LogP) is 3.23. The molecule has 0 aliphatic heterocycles. The summed E-state index contributed by atoms with van der Waals surface area (Å²) in [5.41, 5.74) is 7.50. The van der Waals surface area contributed by atoms with E-state index in [-0.39, 0.29) is 23.3 Å². The highest BCUT2D eigenvalue weighted by Crippen LogP contribution is 2.23. The number of nitrogens with one attached hydrogen (secondary N) is 1. The Labute approximate surface area is 125 Å². The number of hydrogen-bond acceptors (Lipinski definition) is 3. The maximum absolute atomic E-state index is 12.1. The highest BCUT2D eigenvalue weighted by molar-refractivity contribution is 9.10. The lowest BCUT2D eigenvalue weighted by Gasteiger charge is -2.15. The summed E-state index contributed by atoms with van der Waals surface area (Å²) in [5.74, 6) is -0.374. The largest absolute Gasteiger partial charge is 0.507 e. The number of carbonyl (C=O) groups excluding carboxylic acids is 1. The number of aromatic hydroxyl groups is 1. The Hall–Kier alpha value is -2.01. The Morgan fingerprint density at radius 1 is 1.25 bits per heavy atom. The quantitative estimate of drug-likeness (QED) is 0.754. The van der Waals surface area contributed by atoms with E-state index in [1.807, 2.05) is 19.1 Å². The van der Waals surface area contributed by atoms with Gasteiger partial charge in [-0.3, -0.25) is 4.79 Å². The molecule has 1 atom stereocenters. The molecule has 0 aliphatic carbocycles. The van der Waals surface area contributed by atoms with Gasteiger partial charge >= 0.3 is 0 Å². The molecule has 20 heavy (non-hydrogen) atoms. The highest BCUT2D eigenvalue weighted by Gasteiger charge is 2.14. The van der Waals surface area contributed by atoms with Gasteiger partial charge in [-0.2, -0.15) is 0 Å². The number of benzene rings is 2. The molecular formula is C15H15BrN2O2. The average molecular weight is 335 g/mol. The fraction of sp³-hybridized carbons (Fsp3) is 0.133. The van der Waals surface area contributed by atoms with Crippen molar-refractivity contribution in [3.05, 3.63) is 58.1 Å². The minimum absolute atomic E-state index is 0.0543. The number of carbonyl (C=O) groups is 1. The SMILES string of the molecule is CC(NC(=O)c1ccc(Br)cc1O)c1ccc(N)cc1. The van der Waals surface area contributed by atoms with Gasteiger partial charge in [-0.05, 0) is 42.8 Å². The van der Waals surface area contributed by atoms with Gasteiger partial charge in [0.25, 0.3) is 5.91 Å². The minimum atomic E-state index is -0.320. The summed E-state index contributed by atoms with van der Waals surface area (Å²) in [5, 5.41) is 12.6. The van der Waals surface area contributed by atoms with Crippen molar-refractivity contribution < 1.29 is 9.90 Å². The fourth-order valence-electron chi connectivity index (χ4n) is 1.84. The number of phenols is 1. The van der Waals surface area contributed by atoms with Crippen molar-refractivity contribution in [1.29, 1.82) is 0 Å². The van der Waals surface area contributed by atoms with E-state index in [4.69, 9.17) is 5.73 Å². The molecule has 0 bridgehead atoms. The van der Waals surface area contributed by atoms with Gasteiger partial charge in [0.05, 0.1) is 11.6 Å². The summed E-state index contributed by atoms with van der Waals surface area (Å²) < 4.78 is 0.720. The van der Waals surface area contributed by atoms with Crippen LogP contribution in [-0.2, 0) is 0 Å². The number of rotatable bonds is 3. The molecule has 2 aromatic carbocycles. The number of nitrogen functional groups attached to an aromatic ring is 1. The lowest BCUT2D eigenvalue weighted by atomic mass is 10.1. The molecule has 0 saturated carbocycles. The summed E-state index contributed by atoms with van der Waals surface area (Å²) in [7, 11) is 0. The van der Waals surface area contributed by atoms with Crippen molar-refractivity contribution in [2.45, 2.75) is 13.0 Å². The number of nitrogens with two attached hydrogens (primary N) is 1. The molecule has 0 saturated heterocycles. The molecule has 0 spiro atoms. The van der Waals surface area contributed by atoms with Gasteiger partial charge in [0.1, 0.15) is 5.75 Å². The standard InChI is InChI=1S/C15H15BrN2O2/c1-9(10-2-5-12(17)6-3-10)18-15(20)13-7-4-11(16)8-14(13)19/h2-9,19H,17H2,1H3,(H,18,20). The molecule has 0 radical (unpaired) electrons. The summed E-state index contributed by atoms with van der Waals surface area (Å²) in [6, 6.07) is 11.9. The first-order valence-electron chi connectivity index (χ1n) is 6.12. The van der Waals surface area contributed by atoms with Gasteiger partial charge in [-0.25, -0.2) is 0 Å². The minimum Gasteiger partial charge on any atom is -0.507 e. The second-order valence-corrected chi connectivity index (χ2v) is 5.44. The van der Waals surface area contributed by atoms with Crippen molar-refractivity contribution in [2.24, 2.45) is 0 Å². The lowest BCUT2D eigenvalue weighted by Crippen LogP contribution is -2.26. The van der Waals surface area contributed by atoms with Crippen LogP contribution in [0.1, 0.15) is 28.9 Å². The Morgan fingerprint density at radius 2 is 1.90 bits per heavy atom. The smallest absolute Gasteiger partial charge is 0.255 e. The van der Waals surface area contributed by atoms with Crippen molar-refractivity contribution >= 4 is 27.5 Å². The number of phenolic OH excluding ortho intramolecular Hbond substituents is 1. The zero-order chi connectivity index (χ0) is 14.7. The third-order valence-electron chi connectivity index (χ3n) is 2.99. The van der Waals surface area contributed by atoms with Crippen LogP contribution >= 0.6 is 15.9 Å². The second-order valence-electron chi connectivity index (χ2n) is 4.52. The zero-order valence-electron chi connectivity index (χ0n) is 10.9. The summed E-state index contributed by atoms with van der Waals surface area (Å²) in [4.78, 5) is 12.1. The molecule has 2 rings (SSSR count). The molecule has 5 heteroatoms. The van der Waals surface area contributed by atoms with E-state index in [1.54, 1.807) is 24.3 Å². The number of amides is 1. The van der Waals surface area contributed by atoms with Gasteiger partial charge in [0.15, 0.2) is 0 Å². The molecule has 0 aromatic heterocycles. The third kappa shape index (κ3) is 3.30. The van der Waals surface area contributed by atoms with Crippen LogP contribution in [0, 0.1) is 0 Å². The third-order valence-corrected chi connectivity index (χ3v) is 3.48. The topological polar surface area (TPSA) is 75.3 Å². The molecule has 4 nitrogen and oxygen atoms in total. The van der Waals surface area contributed by atoms with Crippen LogP contribution in [0.5, 0.6) is 5.75 Å². The van der Waals surface area contributed by atoms with E-state index in [0.717, 1.165) is 10.0 Å². The van der Waals surface area contributed by atoms with Crippen molar-refractivity contribution in [3.63, 3.8) is 0 Å². The van der Waals surface area contributed by atoms with Gasteiger partial charge in [0, 0.05) is 10.2 Å². The van der Waals surface area contributed by atoms with Crippen LogP contribution in [0.3, 0.4) is 0 Å². The molecule has 104 valence electrons. The van der Waals surface area contributed by atoms with Crippen molar-refractivity contribution in [2.75, 3.05) is 5.73 Å². The summed E-state index contributed by atoms with van der Waals surface area (Å²) in [6.45, 7) is 1.87. The van der Waals surface area contributed by atoms with Gasteiger partial charge in [0.2, 0.25) is 0 Å². The zero-order valence-corrected chi connectivity index (χ0v) is 12.5. The van der Waals surface area contributed by atoms with Crippen LogP contribution in [0.2, 0.25) is 0 Å². The van der Waals surface area contributed by atoms with Crippen molar-refractivity contribution in [1.82, 2.24) is 5.32 Å². The van der Waals surface area contributed by atoms with E-state index >= 15 is 0 Å². The van der Waals surface area contributed by atoms with Gasteiger partial charge < -0.3 is 16.2 Å². The maximum atomic E-state index is 12.1. The van der Waals surface area contributed by atoms with E-state index in [0.29, 0.717) is 5.69 Å². The Kier molecular flexibility index (Phi) is 4.29. The molecule has 4 N–H and O–H groups in total. The predicted molar refractivity (Wildman–Crippen MR) is 82.5 cm³/mol. The van der Waals surface area contributed by atoms with Crippen LogP contribution in [0.15, 0.2) is 46.9 Å². The first-order chi connectivity index (χ1) is 9.47. The van der Waals surface area contributed by atoms with Crippen molar-refractivity contribution in [3.8, 4) is 5.75 Å². The first-order valence-corrected chi connectivity index (χ1v) is 6.91. The Balaban J connectivity index is 2.13. The molecule has 0 aliphatic rings. The van der Waals surface area contributed by atoms with Crippen LogP contribution in [0.25, 0.3) is 0 Å². The van der Waals surface area contributed by atoms with E-state index in [1.165, 1.54) is 6.07 Å². The van der Waals surface area contributed by atoms with Crippen LogP contribution in [0.4, 0.5) is 5.69 Å². The molecule has 1 unspecified atom stereocenters. The molecule has 0 heterocycles. The monoisotopic (exact) mass is 334 g/mol. The number of hydrogen-bond donors (Lipinski definition) is 3. The summed E-state index contributed by atoms with van der Waals surface area (Å²) >= 11 is 3.24. The van der Waals surface area contributed by atoms with Crippen LogP contribution in [-0.4, -0.2) is 11.0 Å². The molecule has 0 fully saturated rings. The summed E-state index contributed by atoms with van der Waals surface area (Å²) in [6.07, 6.45) is 0. The first kappa shape index (κ1) is 14.4. The van der Waals surface area contributed by atoms with E-state index in [2.05, 4.69) is 21.2 Å². The molecule has 2 aromatic rings. The number of halogens is 1. The normalized spacial score (nSPS) is 11.9. The van der Waals surface area contributed by atoms with Gasteiger partial charge in [-0.1, -0.05) is 28.1 Å².